The molecule has 2 heterocycles. The number of nitrogens with zero attached hydrogens (tertiary/aromatic N) is 4. The van der Waals surface area contributed by atoms with Crippen LogP contribution in [-0.2, 0) is 6.54 Å². The average molecular weight is 294 g/mol. The number of benzene rings is 1. The molecule has 1 fully saturated rings. The van der Waals surface area contributed by atoms with Gasteiger partial charge in [0.15, 0.2) is 5.82 Å². The normalized spacial score (nSPS) is 14.2. The van der Waals surface area contributed by atoms with Crippen molar-refractivity contribution in [2.75, 3.05) is 0 Å². The van der Waals surface area contributed by atoms with Gasteiger partial charge in [0.25, 0.3) is 0 Å². The summed E-state index contributed by atoms with van der Waals surface area (Å²) in [6, 6.07) is 8.58. The second-order valence-electron chi connectivity index (χ2n) is 5.60. The fourth-order valence-electron chi connectivity index (χ4n) is 2.47. The topological polar surface area (TPSA) is 43.6 Å². The molecule has 2 aromatic heterocycles. The summed E-state index contributed by atoms with van der Waals surface area (Å²) in [5.74, 6) is 1.04. The van der Waals surface area contributed by atoms with Gasteiger partial charge in [-0.1, -0.05) is 18.2 Å². The minimum atomic E-state index is -0.218. The van der Waals surface area contributed by atoms with Crippen molar-refractivity contribution in [2.24, 2.45) is 0 Å². The molecule has 0 bridgehead atoms. The minimum Gasteiger partial charge on any atom is -0.267 e. The van der Waals surface area contributed by atoms with Crippen LogP contribution in [0.2, 0.25) is 0 Å². The molecule has 3 aromatic rings. The molecule has 0 N–H and O–H groups in total. The maximum atomic E-state index is 13.7. The van der Waals surface area contributed by atoms with Gasteiger partial charge in [0, 0.05) is 24.2 Å². The summed E-state index contributed by atoms with van der Waals surface area (Å²) >= 11 is 0. The number of rotatable bonds is 4. The van der Waals surface area contributed by atoms with E-state index in [0.717, 1.165) is 0 Å². The molecule has 22 heavy (non-hydrogen) atoms. The maximum Gasteiger partial charge on any atom is 0.180 e. The summed E-state index contributed by atoms with van der Waals surface area (Å²) in [4.78, 5) is 8.77. The monoisotopic (exact) mass is 294 g/mol. The molecule has 0 saturated heterocycles. The van der Waals surface area contributed by atoms with E-state index in [1.54, 1.807) is 16.8 Å². The third kappa shape index (κ3) is 2.62. The van der Waals surface area contributed by atoms with Crippen LogP contribution in [-0.4, -0.2) is 19.7 Å². The molecule has 0 atom stereocenters. The summed E-state index contributed by atoms with van der Waals surface area (Å²) in [6.07, 6.45) is 8.06. The SMILES string of the molecule is Fc1ccccc1Cn1ccc(-c2ncc(C3CC3)cn2)n1. The van der Waals surface area contributed by atoms with Gasteiger partial charge in [-0.3, -0.25) is 4.68 Å². The molecule has 4 nitrogen and oxygen atoms in total. The molecular formula is C17H15FN4. The van der Waals surface area contributed by atoms with Crippen LogP contribution >= 0.6 is 0 Å². The fraction of sp³-hybridized carbons (Fsp3) is 0.235. The highest BCUT2D eigenvalue weighted by Gasteiger charge is 2.24. The van der Waals surface area contributed by atoms with Gasteiger partial charge in [-0.2, -0.15) is 5.10 Å². The third-order valence-electron chi connectivity index (χ3n) is 3.88. The van der Waals surface area contributed by atoms with E-state index in [1.807, 2.05) is 30.7 Å². The second kappa shape index (κ2) is 5.33. The minimum absolute atomic E-state index is 0.218. The van der Waals surface area contributed by atoms with Crippen LogP contribution in [0.5, 0.6) is 0 Å². The van der Waals surface area contributed by atoms with E-state index < -0.39 is 0 Å². The van der Waals surface area contributed by atoms with Crippen molar-refractivity contribution in [3.05, 3.63) is 65.9 Å². The molecule has 0 unspecified atom stereocenters. The number of halogens is 1. The molecule has 0 aliphatic heterocycles. The lowest BCUT2D eigenvalue weighted by atomic mass is 10.2. The van der Waals surface area contributed by atoms with Gasteiger partial charge in [0.05, 0.1) is 6.54 Å². The van der Waals surface area contributed by atoms with Crippen LogP contribution in [0.4, 0.5) is 4.39 Å². The molecule has 5 heteroatoms. The lowest BCUT2D eigenvalue weighted by Gasteiger charge is -2.03. The van der Waals surface area contributed by atoms with Gasteiger partial charge in [-0.05, 0) is 36.5 Å². The molecule has 1 aliphatic rings. The molecule has 1 aromatic carbocycles. The third-order valence-corrected chi connectivity index (χ3v) is 3.88. The standard InChI is InChI=1S/C17H15FN4/c18-15-4-2-1-3-13(15)11-22-8-7-16(21-22)17-19-9-14(10-20-17)12-5-6-12/h1-4,7-10,12H,5-6,11H2. The molecule has 1 saturated carbocycles. The van der Waals surface area contributed by atoms with Crippen LogP contribution in [0.1, 0.15) is 29.9 Å². The number of hydrogen-bond acceptors (Lipinski definition) is 3. The molecular weight excluding hydrogens is 279 g/mol. The largest absolute Gasteiger partial charge is 0.267 e. The highest BCUT2D eigenvalue weighted by molar-refractivity contribution is 5.47. The first-order valence-corrected chi connectivity index (χ1v) is 7.39. The van der Waals surface area contributed by atoms with E-state index in [2.05, 4.69) is 15.1 Å². The van der Waals surface area contributed by atoms with Gasteiger partial charge in [-0.15, -0.1) is 0 Å². The van der Waals surface area contributed by atoms with E-state index in [-0.39, 0.29) is 5.82 Å². The molecule has 110 valence electrons. The summed E-state index contributed by atoms with van der Waals surface area (Å²) in [7, 11) is 0. The van der Waals surface area contributed by atoms with Crippen molar-refractivity contribution >= 4 is 0 Å². The van der Waals surface area contributed by atoms with E-state index >= 15 is 0 Å². The Balaban J connectivity index is 1.54. The van der Waals surface area contributed by atoms with Crippen molar-refractivity contribution in [1.82, 2.24) is 19.7 Å². The van der Waals surface area contributed by atoms with Crippen LogP contribution in [0, 0.1) is 5.82 Å². The summed E-state index contributed by atoms with van der Waals surface area (Å²) in [5, 5.41) is 4.43. The van der Waals surface area contributed by atoms with E-state index in [4.69, 9.17) is 0 Å². The predicted octanol–water partition coefficient (Wildman–Crippen LogP) is 3.40. The zero-order valence-corrected chi connectivity index (χ0v) is 12.0. The lowest BCUT2D eigenvalue weighted by molar-refractivity contribution is 0.585. The Morgan fingerprint density at radius 3 is 2.59 bits per heavy atom. The summed E-state index contributed by atoms with van der Waals surface area (Å²) < 4.78 is 15.4. The average Bonchev–Trinajstić information content (AvgIpc) is 3.30. The van der Waals surface area contributed by atoms with Crippen molar-refractivity contribution in [2.45, 2.75) is 25.3 Å². The highest BCUT2D eigenvalue weighted by atomic mass is 19.1. The second-order valence-corrected chi connectivity index (χ2v) is 5.60. The Kier molecular flexibility index (Phi) is 3.18. The van der Waals surface area contributed by atoms with Gasteiger partial charge in [-0.25, -0.2) is 14.4 Å². The first kappa shape index (κ1) is 13.1. The van der Waals surface area contributed by atoms with Crippen LogP contribution in [0.3, 0.4) is 0 Å². The first-order chi connectivity index (χ1) is 10.8. The van der Waals surface area contributed by atoms with Gasteiger partial charge in [0.2, 0.25) is 0 Å². The Hall–Kier alpha value is -2.56. The highest BCUT2D eigenvalue weighted by Crippen LogP contribution is 2.39. The van der Waals surface area contributed by atoms with Gasteiger partial charge < -0.3 is 0 Å². The van der Waals surface area contributed by atoms with Crippen molar-refractivity contribution in [3.8, 4) is 11.5 Å². The van der Waals surface area contributed by atoms with Crippen LogP contribution < -0.4 is 0 Å². The van der Waals surface area contributed by atoms with Crippen molar-refractivity contribution in [3.63, 3.8) is 0 Å². The molecule has 0 radical (unpaired) electrons. The van der Waals surface area contributed by atoms with Crippen LogP contribution in [0.15, 0.2) is 48.9 Å². The number of hydrogen-bond donors (Lipinski definition) is 0. The smallest absolute Gasteiger partial charge is 0.180 e. The van der Waals surface area contributed by atoms with Crippen molar-refractivity contribution in [1.29, 1.82) is 0 Å². The first-order valence-electron chi connectivity index (χ1n) is 7.39. The van der Waals surface area contributed by atoms with Crippen LogP contribution in [0.25, 0.3) is 11.5 Å². The molecule has 0 amide bonds. The van der Waals surface area contributed by atoms with Gasteiger partial charge in [0.1, 0.15) is 11.5 Å². The zero-order valence-electron chi connectivity index (χ0n) is 12.0. The summed E-state index contributed by atoms with van der Waals surface area (Å²) in [5.41, 5.74) is 2.52. The molecule has 4 rings (SSSR count). The lowest BCUT2D eigenvalue weighted by Crippen LogP contribution is -2.03. The summed E-state index contributed by atoms with van der Waals surface area (Å²) in [6.45, 7) is 0.396. The Labute approximate surface area is 127 Å². The predicted molar refractivity (Wildman–Crippen MR) is 80.7 cm³/mol. The maximum absolute atomic E-state index is 13.7. The molecule has 0 spiro atoms. The van der Waals surface area contributed by atoms with Crippen molar-refractivity contribution < 1.29 is 4.39 Å². The Bertz CT molecular complexity index is 790. The van der Waals surface area contributed by atoms with E-state index in [0.29, 0.717) is 29.5 Å². The fourth-order valence-corrected chi connectivity index (χ4v) is 2.47. The number of aromatic nitrogens is 4. The quantitative estimate of drug-likeness (QED) is 0.740. The van der Waals surface area contributed by atoms with Gasteiger partial charge >= 0.3 is 0 Å². The Morgan fingerprint density at radius 1 is 1.09 bits per heavy atom. The Morgan fingerprint density at radius 2 is 1.86 bits per heavy atom. The zero-order chi connectivity index (χ0) is 14.9. The van der Waals surface area contributed by atoms with E-state index in [9.17, 15) is 4.39 Å². The van der Waals surface area contributed by atoms with E-state index in [1.165, 1.54) is 24.5 Å². The molecule has 1 aliphatic carbocycles.